The molecule has 4 heterocycles. The normalized spacial score (nSPS) is 11.4. The summed E-state index contributed by atoms with van der Waals surface area (Å²) < 4.78 is 1.57. The van der Waals surface area contributed by atoms with Crippen molar-refractivity contribution in [3.8, 4) is 22.5 Å². The summed E-state index contributed by atoms with van der Waals surface area (Å²) in [5.74, 6) is 6.29. The first kappa shape index (κ1) is 24.9. The van der Waals surface area contributed by atoms with E-state index in [1.54, 1.807) is 28.2 Å². The number of nitrogens with one attached hydrogen (secondary N) is 2. The first-order chi connectivity index (χ1) is 18.3. The van der Waals surface area contributed by atoms with E-state index < -0.39 is 0 Å². The highest BCUT2D eigenvalue weighted by Gasteiger charge is 2.21. The zero-order valence-corrected chi connectivity index (χ0v) is 21.8. The van der Waals surface area contributed by atoms with E-state index in [0.29, 0.717) is 41.4 Å². The third kappa shape index (κ3) is 4.34. The number of rotatable bonds is 7. The summed E-state index contributed by atoms with van der Waals surface area (Å²) in [4.78, 5) is 35.9. The van der Waals surface area contributed by atoms with Crippen molar-refractivity contribution in [3.63, 3.8) is 0 Å². The van der Waals surface area contributed by atoms with Gasteiger partial charge in [0, 0.05) is 58.9 Å². The molecule has 10 heteroatoms. The number of benzene rings is 1. The molecule has 0 saturated carbocycles. The van der Waals surface area contributed by atoms with Gasteiger partial charge in [0.2, 0.25) is 5.91 Å². The third-order valence-corrected chi connectivity index (χ3v) is 6.69. The number of anilines is 1. The molecule has 0 aliphatic rings. The zero-order chi connectivity index (χ0) is 27.0. The molecule has 1 aromatic carbocycles. The summed E-state index contributed by atoms with van der Waals surface area (Å²) in [6.45, 7) is 8.85. The lowest BCUT2D eigenvalue weighted by Crippen LogP contribution is -2.30. The van der Waals surface area contributed by atoms with Crippen molar-refractivity contribution in [2.75, 3.05) is 24.2 Å². The molecule has 0 aliphatic heterocycles. The van der Waals surface area contributed by atoms with Gasteiger partial charge in [-0.2, -0.15) is 5.10 Å². The third-order valence-electron chi connectivity index (χ3n) is 6.69. The molecule has 4 N–H and O–H groups in total. The summed E-state index contributed by atoms with van der Waals surface area (Å²) in [5, 5.41) is 11.9. The van der Waals surface area contributed by atoms with Crippen molar-refractivity contribution in [1.29, 1.82) is 0 Å². The van der Waals surface area contributed by atoms with Crippen LogP contribution in [0.2, 0.25) is 0 Å². The van der Waals surface area contributed by atoms with E-state index in [2.05, 4.69) is 25.5 Å². The lowest BCUT2D eigenvalue weighted by molar-refractivity contribution is -0.118. The number of nitrogens with two attached hydrogens (primary N) is 1. The van der Waals surface area contributed by atoms with Gasteiger partial charge in [-0.3, -0.25) is 24.3 Å². The number of aromatic amines is 1. The molecule has 0 unspecified atom stereocenters. The van der Waals surface area contributed by atoms with Crippen LogP contribution in [0.3, 0.4) is 0 Å². The Balaban J connectivity index is 1.58. The molecule has 0 atom stereocenters. The minimum absolute atomic E-state index is 0.0342. The number of aromatic nitrogens is 5. The average Bonchev–Trinajstić information content (AvgIpc) is 3.49. The van der Waals surface area contributed by atoms with Gasteiger partial charge in [0.25, 0.3) is 5.91 Å². The number of amides is 2. The van der Waals surface area contributed by atoms with Crippen molar-refractivity contribution in [2.45, 2.75) is 27.7 Å². The fraction of sp³-hybridized carbons (Fsp3) is 0.250. The van der Waals surface area contributed by atoms with Gasteiger partial charge >= 0.3 is 0 Å². The number of H-pyrrole nitrogens is 1. The van der Waals surface area contributed by atoms with E-state index in [-0.39, 0.29) is 17.7 Å². The van der Waals surface area contributed by atoms with Crippen LogP contribution in [0.25, 0.3) is 44.5 Å². The fourth-order valence-corrected chi connectivity index (χ4v) is 4.52. The molecule has 10 nitrogen and oxygen atoms in total. The molecule has 5 rings (SSSR count). The molecule has 38 heavy (non-hydrogen) atoms. The molecule has 0 bridgehead atoms. The number of carbonyl (C=O) groups is 2. The summed E-state index contributed by atoms with van der Waals surface area (Å²) in [6, 6.07) is 11.3. The van der Waals surface area contributed by atoms with Gasteiger partial charge in [0.05, 0.1) is 28.8 Å². The van der Waals surface area contributed by atoms with Crippen molar-refractivity contribution in [1.82, 2.24) is 29.7 Å². The van der Waals surface area contributed by atoms with Gasteiger partial charge in [-0.25, -0.2) is 4.98 Å². The molecule has 5 aromatic rings. The number of carbonyl (C=O) groups excluding carboxylic acids is 2. The molecule has 4 aromatic heterocycles. The lowest BCUT2D eigenvalue weighted by atomic mass is 10.1. The van der Waals surface area contributed by atoms with Crippen LogP contribution >= 0.6 is 0 Å². The second-order valence-electron chi connectivity index (χ2n) is 9.42. The Morgan fingerprint density at radius 2 is 1.82 bits per heavy atom. The first-order valence-electron chi connectivity index (χ1n) is 12.6. The second-order valence-corrected chi connectivity index (χ2v) is 9.42. The number of nitrogen functional groups attached to an aromatic ring is 1. The molecular formula is C28H30N8O2. The Hall–Kier alpha value is -4.73. The zero-order valence-electron chi connectivity index (χ0n) is 21.8. The Morgan fingerprint density at radius 3 is 2.55 bits per heavy atom. The number of fused-ring (bicyclic) bond motifs is 2. The largest absolute Gasteiger partial charge is 0.339 e. The number of pyridine rings is 2. The first-order valence-corrected chi connectivity index (χ1v) is 12.6. The topological polar surface area (TPSA) is 135 Å². The van der Waals surface area contributed by atoms with Crippen LogP contribution in [-0.4, -0.2) is 54.6 Å². The van der Waals surface area contributed by atoms with E-state index in [4.69, 9.17) is 5.84 Å². The van der Waals surface area contributed by atoms with Crippen molar-refractivity contribution >= 4 is 39.4 Å². The monoisotopic (exact) mass is 510 g/mol. The molecule has 0 radical (unpaired) electrons. The van der Waals surface area contributed by atoms with Crippen LogP contribution in [0.1, 0.15) is 38.1 Å². The maximum Gasteiger partial charge on any atom is 0.254 e. The van der Waals surface area contributed by atoms with Gasteiger partial charge in [-0.05, 0) is 44.2 Å². The minimum atomic E-state index is -0.143. The van der Waals surface area contributed by atoms with E-state index in [9.17, 15) is 9.59 Å². The molecule has 2 amide bonds. The lowest BCUT2D eigenvalue weighted by Gasteiger charge is -2.19. The van der Waals surface area contributed by atoms with E-state index >= 15 is 0 Å². The van der Waals surface area contributed by atoms with Crippen LogP contribution in [0, 0.1) is 5.92 Å². The molecule has 0 aliphatic carbocycles. The molecule has 0 fully saturated rings. The van der Waals surface area contributed by atoms with E-state index in [0.717, 1.165) is 27.4 Å². The Kier molecular flexibility index (Phi) is 6.54. The van der Waals surface area contributed by atoms with Gasteiger partial charge in [0.1, 0.15) is 0 Å². The standard InChI is InChI=1S/C28H30N8O2/c1-5-35(6-2)28(38)20-8-7-9-23-21(20)12-24(36(23)29)25-22-11-18(14-31-26(22)34-33-25)17-10-19(15-30-13-17)32-27(37)16(3)4/h7-16H,5-6,29H2,1-4H3,(H,32,37)(H,31,33,34). The molecular weight excluding hydrogens is 480 g/mol. The highest BCUT2D eigenvalue weighted by molar-refractivity contribution is 6.08. The van der Waals surface area contributed by atoms with Crippen molar-refractivity contribution < 1.29 is 9.59 Å². The highest BCUT2D eigenvalue weighted by Crippen LogP contribution is 2.33. The van der Waals surface area contributed by atoms with Crippen molar-refractivity contribution in [2.24, 2.45) is 5.92 Å². The smallest absolute Gasteiger partial charge is 0.254 e. The summed E-state index contributed by atoms with van der Waals surface area (Å²) in [6.07, 6.45) is 5.05. The summed E-state index contributed by atoms with van der Waals surface area (Å²) in [7, 11) is 0. The van der Waals surface area contributed by atoms with Gasteiger partial charge in [0.15, 0.2) is 5.65 Å². The SMILES string of the molecule is CCN(CC)C(=O)c1cccc2c1cc(-c1[nH]nc3ncc(-c4cncc(NC(=O)C(C)C)c4)cc13)n2N. The predicted molar refractivity (Wildman–Crippen MR) is 149 cm³/mol. The highest BCUT2D eigenvalue weighted by atomic mass is 16.2. The van der Waals surface area contributed by atoms with Gasteiger partial charge < -0.3 is 16.1 Å². The number of hydrogen-bond acceptors (Lipinski definition) is 6. The Labute approximate surface area is 219 Å². The minimum Gasteiger partial charge on any atom is -0.339 e. The fourth-order valence-electron chi connectivity index (χ4n) is 4.52. The van der Waals surface area contributed by atoms with Crippen molar-refractivity contribution in [3.05, 3.63) is 60.6 Å². The summed E-state index contributed by atoms with van der Waals surface area (Å²) in [5.41, 5.74) is 5.46. The Bertz CT molecular complexity index is 1660. The maximum absolute atomic E-state index is 13.2. The van der Waals surface area contributed by atoms with Crippen LogP contribution in [0.15, 0.2) is 55.0 Å². The quantitative estimate of drug-likeness (QED) is 0.277. The van der Waals surface area contributed by atoms with E-state index in [1.807, 2.05) is 64.1 Å². The van der Waals surface area contributed by atoms with Crippen LogP contribution in [-0.2, 0) is 4.79 Å². The van der Waals surface area contributed by atoms with Crippen LogP contribution < -0.4 is 11.2 Å². The second kappa shape index (κ2) is 9.97. The maximum atomic E-state index is 13.2. The molecule has 0 saturated heterocycles. The summed E-state index contributed by atoms with van der Waals surface area (Å²) >= 11 is 0. The Morgan fingerprint density at radius 1 is 1.05 bits per heavy atom. The molecule has 0 spiro atoms. The van der Waals surface area contributed by atoms with Crippen LogP contribution in [0.5, 0.6) is 0 Å². The van der Waals surface area contributed by atoms with Gasteiger partial charge in [-0.1, -0.05) is 19.9 Å². The molecule has 194 valence electrons. The van der Waals surface area contributed by atoms with Crippen LogP contribution in [0.4, 0.5) is 5.69 Å². The number of hydrogen-bond donors (Lipinski definition) is 3. The average molecular weight is 511 g/mol. The van der Waals surface area contributed by atoms with E-state index in [1.165, 1.54) is 0 Å². The van der Waals surface area contributed by atoms with Gasteiger partial charge in [-0.15, -0.1) is 0 Å². The predicted octanol–water partition coefficient (Wildman–Crippen LogP) is 4.43. The number of nitrogens with zero attached hydrogens (tertiary/aromatic N) is 5.